The molecule has 1 aliphatic heterocycles. The maximum absolute atomic E-state index is 13.4. The minimum Gasteiger partial charge on any atom is -0.506 e. The number of hydrogen-bond acceptors (Lipinski definition) is 4. The molecule has 2 rings (SSSR count). The summed E-state index contributed by atoms with van der Waals surface area (Å²) >= 11 is 3.10. The van der Waals surface area contributed by atoms with Crippen molar-refractivity contribution in [3.8, 4) is 11.8 Å². The van der Waals surface area contributed by atoms with Crippen LogP contribution in [0, 0.1) is 11.3 Å². The molecular formula is C13H14BrF2N3O. The van der Waals surface area contributed by atoms with E-state index >= 15 is 0 Å². The maximum atomic E-state index is 13.4. The molecule has 0 saturated carbocycles. The summed E-state index contributed by atoms with van der Waals surface area (Å²) in [7, 11) is 0. The first kappa shape index (κ1) is 15.2. The van der Waals surface area contributed by atoms with Gasteiger partial charge in [-0.1, -0.05) is 0 Å². The summed E-state index contributed by atoms with van der Waals surface area (Å²) in [5.74, 6) is -0.229. The zero-order valence-corrected chi connectivity index (χ0v) is 12.2. The summed E-state index contributed by atoms with van der Waals surface area (Å²) in [4.78, 5) is 1.63. The third-order valence-corrected chi connectivity index (χ3v) is 3.93. The SMILES string of the molecule is N#Cc1cc(Br)c(O)c([C@H](C(F)F)N2CCNCC2)c1. The quantitative estimate of drug-likeness (QED) is 0.881. The predicted molar refractivity (Wildman–Crippen MR) is 73.7 cm³/mol. The van der Waals surface area contributed by atoms with E-state index in [-0.39, 0.29) is 21.3 Å². The molecule has 0 amide bonds. The summed E-state index contributed by atoms with van der Waals surface area (Å²) in [5, 5.41) is 22.1. The number of hydrogen-bond donors (Lipinski definition) is 2. The Morgan fingerprint density at radius 2 is 2.00 bits per heavy atom. The van der Waals surface area contributed by atoms with Crippen LogP contribution in [0.5, 0.6) is 5.75 Å². The average molecular weight is 346 g/mol. The van der Waals surface area contributed by atoms with E-state index in [0.29, 0.717) is 26.2 Å². The van der Waals surface area contributed by atoms with Gasteiger partial charge in [-0.05, 0) is 28.1 Å². The number of rotatable bonds is 3. The van der Waals surface area contributed by atoms with Gasteiger partial charge >= 0.3 is 0 Å². The molecule has 1 heterocycles. The van der Waals surface area contributed by atoms with Crippen molar-refractivity contribution in [2.45, 2.75) is 12.5 Å². The van der Waals surface area contributed by atoms with Crippen LogP contribution in [0.1, 0.15) is 17.2 Å². The monoisotopic (exact) mass is 345 g/mol. The molecule has 1 saturated heterocycles. The Balaban J connectivity index is 2.43. The number of halogens is 3. The van der Waals surface area contributed by atoms with Crippen molar-refractivity contribution in [1.29, 1.82) is 5.26 Å². The molecule has 1 atom stereocenters. The number of piperazine rings is 1. The summed E-state index contributed by atoms with van der Waals surface area (Å²) in [5.41, 5.74) is 0.332. The van der Waals surface area contributed by atoms with E-state index in [1.54, 1.807) is 4.90 Å². The standard InChI is InChI=1S/C13H14BrF2N3O/c14-10-6-8(7-17)5-9(12(10)20)11(13(15)16)19-3-1-18-2-4-19/h5-6,11,13,18,20H,1-4H2/t11-/m1/s1. The van der Waals surface area contributed by atoms with Crippen molar-refractivity contribution in [2.75, 3.05) is 26.2 Å². The topological polar surface area (TPSA) is 59.3 Å². The molecule has 1 aliphatic rings. The van der Waals surface area contributed by atoms with Crippen LogP contribution in [-0.4, -0.2) is 42.6 Å². The Morgan fingerprint density at radius 1 is 1.35 bits per heavy atom. The minimum absolute atomic E-state index is 0.0906. The molecule has 0 bridgehead atoms. The first-order valence-electron chi connectivity index (χ1n) is 6.20. The first-order chi connectivity index (χ1) is 9.54. The summed E-state index contributed by atoms with van der Waals surface area (Å²) in [6.45, 7) is 2.21. The molecule has 0 aromatic heterocycles. The lowest BCUT2D eigenvalue weighted by Crippen LogP contribution is -2.46. The highest BCUT2D eigenvalue weighted by atomic mass is 79.9. The van der Waals surface area contributed by atoms with E-state index in [0.717, 1.165) is 0 Å². The van der Waals surface area contributed by atoms with Crippen LogP contribution in [0.25, 0.3) is 0 Å². The molecule has 0 unspecified atom stereocenters. The lowest BCUT2D eigenvalue weighted by molar-refractivity contribution is 0.0170. The van der Waals surface area contributed by atoms with Crippen molar-refractivity contribution >= 4 is 15.9 Å². The summed E-state index contributed by atoms with van der Waals surface area (Å²) in [6, 6.07) is 3.46. The number of nitrogens with zero attached hydrogens (tertiary/aromatic N) is 2. The third-order valence-electron chi connectivity index (χ3n) is 3.32. The van der Waals surface area contributed by atoms with E-state index in [1.165, 1.54) is 12.1 Å². The molecule has 0 spiro atoms. The average Bonchev–Trinajstić information content (AvgIpc) is 2.44. The second-order valence-corrected chi connectivity index (χ2v) is 5.43. The normalized spacial score (nSPS) is 17.9. The van der Waals surface area contributed by atoms with Gasteiger partial charge in [0.2, 0.25) is 0 Å². The minimum atomic E-state index is -2.64. The fourth-order valence-electron chi connectivity index (χ4n) is 2.36. The Morgan fingerprint density at radius 3 is 2.55 bits per heavy atom. The first-order valence-corrected chi connectivity index (χ1v) is 6.99. The molecule has 0 radical (unpaired) electrons. The second-order valence-electron chi connectivity index (χ2n) is 4.57. The number of benzene rings is 1. The fraction of sp³-hybridized carbons (Fsp3) is 0.462. The van der Waals surface area contributed by atoms with Gasteiger partial charge < -0.3 is 10.4 Å². The molecular weight excluding hydrogens is 332 g/mol. The number of nitrogens with one attached hydrogen (secondary N) is 1. The van der Waals surface area contributed by atoms with Gasteiger partial charge in [-0.3, -0.25) is 4.90 Å². The largest absolute Gasteiger partial charge is 0.506 e. The van der Waals surface area contributed by atoms with E-state index in [2.05, 4.69) is 21.2 Å². The third kappa shape index (κ3) is 3.08. The lowest BCUT2D eigenvalue weighted by atomic mass is 10.0. The highest BCUT2D eigenvalue weighted by Crippen LogP contribution is 2.38. The van der Waals surface area contributed by atoms with Crippen molar-refractivity contribution in [2.24, 2.45) is 0 Å². The second kappa shape index (κ2) is 6.48. The van der Waals surface area contributed by atoms with E-state index in [4.69, 9.17) is 5.26 Å². The van der Waals surface area contributed by atoms with Crippen LogP contribution >= 0.6 is 15.9 Å². The van der Waals surface area contributed by atoms with E-state index in [9.17, 15) is 13.9 Å². The molecule has 1 fully saturated rings. The Bertz CT molecular complexity index is 527. The van der Waals surface area contributed by atoms with Gasteiger partial charge in [0, 0.05) is 31.7 Å². The van der Waals surface area contributed by atoms with Crippen molar-refractivity contribution in [1.82, 2.24) is 10.2 Å². The fourth-order valence-corrected chi connectivity index (χ4v) is 2.84. The van der Waals surface area contributed by atoms with Gasteiger partial charge in [0.15, 0.2) is 0 Å². The van der Waals surface area contributed by atoms with Gasteiger partial charge in [0.05, 0.1) is 16.1 Å². The summed E-state index contributed by atoms with van der Waals surface area (Å²) in [6.07, 6.45) is -2.64. The molecule has 0 aliphatic carbocycles. The van der Waals surface area contributed by atoms with Crippen LogP contribution in [-0.2, 0) is 0 Å². The van der Waals surface area contributed by atoms with Gasteiger partial charge in [-0.25, -0.2) is 8.78 Å². The number of phenols is 1. The molecule has 108 valence electrons. The van der Waals surface area contributed by atoms with Crippen LogP contribution in [0.4, 0.5) is 8.78 Å². The van der Waals surface area contributed by atoms with Crippen LogP contribution in [0.15, 0.2) is 16.6 Å². The number of alkyl halides is 2. The van der Waals surface area contributed by atoms with Crippen LogP contribution in [0.2, 0.25) is 0 Å². The smallest absolute Gasteiger partial charge is 0.258 e. The highest BCUT2D eigenvalue weighted by Gasteiger charge is 2.33. The Labute approximate surface area is 124 Å². The van der Waals surface area contributed by atoms with Gasteiger partial charge in [0.1, 0.15) is 11.8 Å². The Hall–Kier alpha value is -1.23. The molecule has 4 nitrogen and oxygen atoms in total. The predicted octanol–water partition coefficient (Wildman–Crippen LogP) is 2.24. The van der Waals surface area contributed by atoms with Gasteiger partial charge in [-0.15, -0.1) is 0 Å². The number of aromatic hydroxyl groups is 1. The number of nitriles is 1. The van der Waals surface area contributed by atoms with Gasteiger partial charge in [-0.2, -0.15) is 5.26 Å². The Kier molecular flexibility index (Phi) is 4.91. The van der Waals surface area contributed by atoms with Crippen molar-refractivity contribution in [3.63, 3.8) is 0 Å². The van der Waals surface area contributed by atoms with Gasteiger partial charge in [0.25, 0.3) is 6.43 Å². The zero-order valence-electron chi connectivity index (χ0n) is 10.6. The zero-order chi connectivity index (χ0) is 14.7. The number of phenolic OH excluding ortho intramolecular Hbond substituents is 1. The van der Waals surface area contributed by atoms with Crippen LogP contribution in [0.3, 0.4) is 0 Å². The van der Waals surface area contributed by atoms with Crippen LogP contribution < -0.4 is 5.32 Å². The molecule has 2 N–H and O–H groups in total. The molecule has 1 aromatic rings. The molecule has 7 heteroatoms. The van der Waals surface area contributed by atoms with Crippen molar-refractivity contribution in [3.05, 3.63) is 27.7 Å². The molecule has 1 aromatic carbocycles. The molecule has 20 heavy (non-hydrogen) atoms. The van der Waals surface area contributed by atoms with E-state index < -0.39 is 12.5 Å². The van der Waals surface area contributed by atoms with E-state index in [1.807, 2.05) is 6.07 Å². The highest BCUT2D eigenvalue weighted by molar-refractivity contribution is 9.10. The lowest BCUT2D eigenvalue weighted by Gasteiger charge is -2.35. The summed E-state index contributed by atoms with van der Waals surface area (Å²) < 4.78 is 27.1. The maximum Gasteiger partial charge on any atom is 0.258 e. The van der Waals surface area contributed by atoms with Crippen molar-refractivity contribution < 1.29 is 13.9 Å².